The minimum Gasteiger partial charge on any atom is -0.468 e. The van der Waals surface area contributed by atoms with Crippen molar-refractivity contribution in [2.45, 2.75) is 13.3 Å². The van der Waals surface area contributed by atoms with Gasteiger partial charge in [0.05, 0.1) is 7.11 Å². The summed E-state index contributed by atoms with van der Waals surface area (Å²) in [6, 6.07) is 0. The van der Waals surface area contributed by atoms with E-state index >= 15 is 0 Å². The van der Waals surface area contributed by atoms with Crippen LogP contribution in [-0.4, -0.2) is 33.8 Å². The second-order valence-electron chi connectivity index (χ2n) is 2.23. The first kappa shape index (κ1) is 11.4. The first-order valence-electron chi connectivity index (χ1n) is 3.56. The van der Waals surface area contributed by atoms with Gasteiger partial charge >= 0.3 is 5.97 Å². The topological polar surface area (TPSA) is 72.5 Å². The molecule has 0 fully saturated rings. The SMILES string of the molecule is CCCNS(=O)(=O)CC(=O)OC. The fraction of sp³-hybridized carbons (Fsp3) is 0.833. The number of rotatable bonds is 5. The standard InChI is InChI=1S/C6H13NO4S/c1-3-4-7-12(9,10)5-6(8)11-2/h7H,3-5H2,1-2H3. The number of nitrogens with one attached hydrogen (secondary N) is 1. The highest BCUT2D eigenvalue weighted by Gasteiger charge is 2.15. The maximum atomic E-state index is 10.9. The van der Waals surface area contributed by atoms with Crippen molar-refractivity contribution in [2.24, 2.45) is 0 Å². The fourth-order valence-corrected chi connectivity index (χ4v) is 1.57. The maximum absolute atomic E-state index is 10.9. The highest BCUT2D eigenvalue weighted by atomic mass is 32.2. The van der Waals surface area contributed by atoms with Crippen LogP contribution in [-0.2, 0) is 19.6 Å². The van der Waals surface area contributed by atoms with Crippen LogP contribution in [0.3, 0.4) is 0 Å². The van der Waals surface area contributed by atoms with E-state index in [-0.39, 0.29) is 0 Å². The molecule has 0 rings (SSSR count). The van der Waals surface area contributed by atoms with E-state index in [4.69, 9.17) is 0 Å². The zero-order valence-electron chi connectivity index (χ0n) is 7.16. The Kier molecular flexibility index (Phi) is 4.84. The second-order valence-corrected chi connectivity index (χ2v) is 4.04. The summed E-state index contributed by atoms with van der Waals surface area (Å²) in [5.41, 5.74) is 0. The van der Waals surface area contributed by atoms with E-state index in [1.165, 1.54) is 0 Å². The van der Waals surface area contributed by atoms with Crippen molar-refractivity contribution in [1.29, 1.82) is 0 Å². The molecule has 0 aromatic heterocycles. The van der Waals surface area contributed by atoms with Crippen molar-refractivity contribution in [2.75, 3.05) is 19.4 Å². The van der Waals surface area contributed by atoms with Gasteiger partial charge in [0.2, 0.25) is 10.0 Å². The van der Waals surface area contributed by atoms with Gasteiger partial charge < -0.3 is 4.74 Å². The average Bonchev–Trinajstić information content (AvgIpc) is 2.00. The van der Waals surface area contributed by atoms with Gasteiger partial charge in [-0.1, -0.05) is 6.92 Å². The summed E-state index contributed by atoms with van der Waals surface area (Å²) in [5.74, 6) is -1.36. The second kappa shape index (κ2) is 5.10. The van der Waals surface area contributed by atoms with E-state index in [1.54, 1.807) is 0 Å². The third-order valence-electron chi connectivity index (χ3n) is 1.11. The molecule has 0 saturated heterocycles. The van der Waals surface area contributed by atoms with Crippen molar-refractivity contribution in [3.8, 4) is 0 Å². The lowest BCUT2D eigenvalue weighted by molar-refractivity contribution is -0.137. The number of sulfonamides is 1. The van der Waals surface area contributed by atoms with Crippen LogP contribution < -0.4 is 4.72 Å². The van der Waals surface area contributed by atoms with Gasteiger partial charge in [-0.25, -0.2) is 13.1 Å². The summed E-state index contributed by atoms with van der Waals surface area (Å²) >= 11 is 0. The number of ether oxygens (including phenoxy) is 1. The molecule has 0 aromatic carbocycles. The molecular formula is C6H13NO4S. The van der Waals surface area contributed by atoms with E-state index in [0.29, 0.717) is 13.0 Å². The summed E-state index contributed by atoms with van der Waals surface area (Å²) in [4.78, 5) is 10.5. The van der Waals surface area contributed by atoms with Crippen molar-refractivity contribution < 1.29 is 17.9 Å². The van der Waals surface area contributed by atoms with Crippen LogP contribution in [0, 0.1) is 0 Å². The van der Waals surface area contributed by atoms with Crippen LogP contribution in [0.4, 0.5) is 0 Å². The van der Waals surface area contributed by atoms with E-state index < -0.39 is 21.7 Å². The van der Waals surface area contributed by atoms with Gasteiger partial charge in [0.15, 0.2) is 5.75 Å². The zero-order valence-corrected chi connectivity index (χ0v) is 7.98. The smallest absolute Gasteiger partial charge is 0.322 e. The van der Waals surface area contributed by atoms with Gasteiger partial charge in [-0.3, -0.25) is 4.79 Å². The molecule has 0 aliphatic carbocycles. The zero-order chi connectivity index (χ0) is 9.61. The van der Waals surface area contributed by atoms with Crippen LogP contribution >= 0.6 is 0 Å². The largest absolute Gasteiger partial charge is 0.468 e. The number of esters is 1. The molecule has 6 heteroatoms. The Hall–Kier alpha value is -0.620. The Bertz CT molecular complexity index is 234. The highest BCUT2D eigenvalue weighted by Crippen LogP contribution is 1.86. The van der Waals surface area contributed by atoms with Crippen molar-refractivity contribution >= 4 is 16.0 Å². The summed E-state index contributed by atoms with van der Waals surface area (Å²) < 4.78 is 28.3. The third-order valence-corrected chi connectivity index (χ3v) is 2.37. The van der Waals surface area contributed by atoms with Gasteiger partial charge in [0.25, 0.3) is 0 Å². The predicted octanol–water partition coefficient (Wildman–Crippen LogP) is -0.511. The van der Waals surface area contributed by atoms with Gasteiger partial charge in [0.1, 0.15) is 0 Å². The Labute approximate surface area is 72.1 Å². The van der Waals surface area contributed by atoms with Gasteiger partial charge in [0, 0.05) is 6.54 Å². The van der Waals surface area contributed by atoms with Crippen LogP contribution in [0.25, 0.3) is 0 Å². The first-order valence-corrected chi connectivity index (χ1v) is 5.21. The molecule has 1 N–H and O–H groups in total. The lowest BCUT2D eigenvalue weighted by atomic mass is 10.5. The molecular weight excluding hydrogens is 182 g/mol. The number of methoxy groups -OCH3 is 1. The van der Waals surface area contributed by atoms with Crippen LogP contribution in [0.5, 0.6) is 0 Å². The van der Waals surface area contributed by atoms with Gasteiger partial charge in [-0.2, -0.15) is 0 Å². The first-order chi connectivity index (χ1) is 5.52. The number of carbonyl (C=O) groups is 1. The molecule has 0 atom stereocenters. The maximum Gasteiger partial charge on any atom is 0.322 e. The van der Waals surface area contributed by atoms with Gasteiger partial charge in [-0.05, 0) is 6.42 Å². The van der Waals surface area contributed by atoms with Crippen LogP contribution in [0.2, 0.25) is 0 Å². The Morgan fingerprint density at radius 2 is 2.08 bits per heavy atom. The molecule has 0 aliphatic heterocycles. The molecule has 0 bridgehead atoms. The summed E-state index contributed by atoms with van der Waals surface area (Å²) in [6.45, 7) is 2.18. The molecule has 0 amide bonds. The molecule has 72 valence electrons. The summed E-state index contributed by atoms with van der Waals surface area (Å²) in [6.07, 6.45) is 0.695. The van der Waals surface area contributed by atoms with E-state index in [0.717, 1.165) is 7.11 Å². The number of hydrogen-bond acceptors (Lipinski definition) is 4. The van der Waals surface area contributed by atoms with E-state index in [1.807, 2.05) is 6.92 Å². The fourth-order valence-electron chi connectivity index (χ4n) is 0.523. The Morgan fingerprint density at radius 1 is 1.50 bits per heavy atom. The third kappa shape index (κ3) is 5.09. The molecule has 12 heavy (non-hydrogen) atoms. The Balaban J connectivity index is 3.96. The average molecular weight is 195 g/mol. The normalized spacial score (nSPS) is 11.2. The monoisotopic (exact) mass is 195 g/mol. The number of carbonyl (C=O) groups excluding carboxylic acids is 1. The highest BCUT2D eigenvalue weighted by molar-refractivity contribution is 7.90. The number of hydrogen-bond donors (Lipinski definition) is 1. The van der Waals surface area contributed by atoms with Crippen LogP contribution in [0.15, 0.2) is 0 Å². The van der Waals surface area contributed by atoms with Gasteiger partial charge in [-0.15, -0.1) is 0 Å². The van der Waals surface area contributed by atoms with Crippen molar-refractivity contribution in [3.05, 3.63) is 0 Å². The molecule has 0 saturated carbocycles. The molecule has 5 nitrogen and oxygen atoms in total. The quantitative estimate of drug-likeness (QED) is 0.600. The minimum atomic E-state index is -3.48. The molecule has 0 radical (unpaired) electrons. The van der Waals surface area contributed by atoms with E-state index in [2.05, 4.69) is 9.46 Å². The summed E-state index contributed by atoms with van der Waals surface area (Å²) in [5, 5.41) is 0. The van der Waals surface area contributed by atoms with Crippen LogP contribution in [0.1, 0.15) is 13.3 Å². The lowest BCUT2D eigenvalue weighted by Crippen LogP contribution is -2.31. The molecule has 0 spiro atoms. The predicted molar refractivity (Wildman–Crippen MR) is 44.1 cm³/mol. The molecule has 0 aliphatic rings. The minimum absolute atomic E-state index is 0.347. The molecule has 0 aromatic rings. The van der Waals surface area contributed by atoms with Crippen molar-refractivity contribution in [1.82, 2.24) is 4.72 Å². The van der Waals surface area contributed by atoms with E-state index in [9.17, 15) is 13.2 Å². The Morgan fingerprint density at radius 3 is 2.50 bits per heavy atom. The molecule has 0 unspecified atom stereocenters. The molecule has 0 heterocycles. The van der Waals surface area contributed by atoms with Crippen molar-refractivity contribution in [3.63, 3.8) is 0 Å². The summed E-state index contributed by atoms with van der Waals surface area (Å²) in [7, 11) is -2.33. The lowest BCUT2D eigenvalue weighted by Gasteiger charge is -2.02.